The van der Waals surface area contributed by atoms with Gasteiger partial charge in [-0.15, -0.1) is 12.4 Å². The molecule has 1 aliphatic rings. The second kappa shape index (κ2) is 9.79. The topological polar surface area (TPSA) is 115 Å². The molecule has 0 radical (unpaired) electrons. The Balaban J connectivity index is 0.00000289. The van der Waals surface area contributed by atoms with Crippen LogP contribution < -0.4 is 21.1 Å². The van der Waals surface area contributed by atoms with Crippen molar-refractivity contribution < 1.29 is 22.7 Å². The van der Waals surface area contributed by atoms with Gasteiger partial charge < -0.3 is 21.1 Å². The van der Waals surface area contributed by atoms with Gasteiger partial charge in [-0.3, -0.25) is 4.79 Å². The van der Waals surface area contributed by atoms with Gasteiger partial charge in [-0.05, 0) is 25.1 Å². The van der Waals surface area contributed by atoms with E-state index in [1.165, 1.54) is 12.5 Å². The molecule has 1 fully saturated rings. The lowest BCUT2D eigenvalue weighted by molar-refractivity contribution is 0.102. The maximum atomic E-state index is 14.4. The van der Waals surface area contributed by atoms with Crippen molar-refractivity contribution in [3.8, 4) is 17.1 Å². The molecule has 12 heteroatoms. The fourth-order valence-electron chi connectivity index (χ4n) is 3.15. The summed E-state index contributed by atoms with van der Waals surface area (Å²) in [6.45, 7) is 1.42. The van der Waals surface area contributed by atoms with Crippen LogP contribution in [0.5, 0.6) is 5.88 Å². The number of amides is 1. The van der Waals surface area contributed by atoms with Crippen LogP contribution in [-0.4, -0.2) is 40.1 Å². The van der Waals surface area contributed by atoms with E-state index in [-0.39, 0.29) is 35.8 Å². The third kappa shape index (κ3) is 4.73. The SMILES string of the molecule is Cl.Nc1cc(F)c(-c2c(F)cccc2F)nc1C(=O)Nc1cncnc1OC1CCNC1. The normalized spacial score (nSPS) is 15.2. The molecule has 1 unspecified atom stereocenters. The predicted octanol–water partition coefficient (Wildman–Crippen LogP) is 2.95. The quantitative estimate of drug-likeness (QED) is 0.529. The number of halogens is 4. The number of hydrogen-bond donors (Lipinski definition) is 3. The molecule has 3 heterocycles. The Labute approximate surface area is 186 Å². The average molecular weight is 467 g/mol. The first-order valence-electron chi connectivity index (χ1n) is 9.33. The summed E-state index contributed by atoms with van der Waals surface area (Å²) in [5.41, 5.74) is 3.79. The summed E-state index contributed by atoms with van der Waals surface area (Å²) in [5.74, 6) is -3.84. The number of carbonyl (C=O) groups is 1. The minimum absolute atomic E-state index is 0. The van der Waals surface area contributed by atoms with E-state index in [2.05, 4.69) is 25.6 Å². The smallest absolute Gasteiger partial charge is 0.276 e. The Morgan fingerprint density at radius 1 is 1.22 bits per heavy atom. The maximum absolute atomic E-state index is 14.4. The summed E-state index contributed by atoms with van der Waals surface area (Å²) < 4.78 is 48.4. The molecule has 1 aromatic carbocycles. The molecule has 1 amide bonds. The third-order valence-electron chi connectivity index (χ3n) is 4.64. The minimum Gasteiger partial charge on any atom is -0.471 e. The van der Waals surface area contributed by atoms with E-state index in [1.807, 2.05) is 0 Å². The number of pyridine rings is 1. The summed E-state index contributed by atoms with van der Waals surface area (Å²) in [6.07, 6.45) is 3.22. The minimum atomic E-state index is -1.07. The van der Waals surface area contributed by atoms with Crippen molar-refractivity contribution in [3.05, 3.63) is 59.9 Å². The van der Waals surface area contributed by atoms with E-state index < -0.39 is 40.3 Å². The number of hydrogen-bond acceptors (Lipinski definition) is 7. The highest BCUT2D eigenvalue weighted by molar-refractivity contribution is 6.07. The monoisotopic (exact) mass is 466 g/mol. The Morgan fingerprint density at radius 2 is 1.97 bits per heavy atom. The molecule has 8 nitrogen and oxygen atoms in total. The molecule has 4 rings (SSSR count). The van der Waals surface area contributed by atoms with Crippen molar-refractivity contribution >= 4 is 29.7 Å². The van der Waals surface area contributed by atoms with E-state index in [0.717, 1.165) is 37.2 Å². The summed E-state index contributed by atoms with van der Waals surface area (Å²) >= 11 is 0. The van der Waals surface area contributed by atoms with Gasteiger partial charge in [0.25, 0.3) is 5.91 Å². The van der Waals surface area contributed by atoms with Gasteiger partial charge in [0.1, 0.15) is 35.4 Å². The van der Waals surface area contributed by atoms with Gasteiger partial charge in [-0.1, -0.05) is 6.07 Å². The predicted molar refractivity (Wildman–Crippen MR) is 113 cm³/mol. The fraction of sp³-hybridized carbons (Fsp3) is 0.200. The van der Waals surface area contributed by atoms with Gasteiger partial charge in [0.05, 0.1) is 17.4 Å². The number of benzene rings is 1. The number of ether oxygens (including phenoxy) is 1. The Kier molecular flexibility index (Phi) is 7.11. The molecule has 0 spiro atoms. The van der Waals surface area contributed by atoms with Crippen molar-refractivity contribution in [3.63, 3.8) is 0 Å². The number of rotatable bonds is 5. The number of carbonyl (C=O) groups excluding carboxylic acids is 1. The highest BCUT2D eigenvalue weighted by Gasteiger charge is 2.24. The van der Waals surface area contributed by atoms with Crippen LogP contribution in [-0.2, 0) is 0 Å². The number of nitrogens with zero attached hydrogens (tertiary/aromatic N) is 3. The zero-order valence-electron chi connectivity index (χ0n) is 16.4. The molecular weight excluding hydrogens is 449 g/mol. The van der Waals surface area contributed by atoms with Crippen molar-refractivity contribution in [2.24, 2.45) is 0 Å². The Bertz CT molecular complexity index is 1120. The number of anilines is 2. The fourth-order valence-corrected chi connectivity index (χ4v) is 3.15. The lowest BCUT2D eigenvalue weighted by Crippen LogP contribution is -2.22. The van der Waals surface area contributed by atoms with Crippen molar-refractivity contribution in [1.29, 1.82) is 0 Å². The Hall–Kier alpha value is -3.44. The molecule has 168 valence electrons. The molecule has 4 N–H and O–H groups in total. The van der Waals surface area contributed by atoms with E-state index in [4.69, 9.17) is 10.5 Å². The highest BCUT2D eigenvalue weighted by Crippen LogP contribution is 2.30. The van der Waals surface area contributed by atoms with Crippen LogP contribution in [0.15, 0.2) is 36.8 Å². The number of nitrogens with two attached hydrogens (primary N) is 1. The van der Waals surface area contributed by atoms with Crippen molar-refractivity contribution in [2.75, 3.05) is 24.1 Å². The van der Waals surface area contributed by atoms with E-state index in [9.17, 15) is 18.0 Å². The number of nitrogen functional groups attached to an aromatic ring is 1. The first-order valence-corrected chi connectivity index (χ1v) is 9.33. The molecule has 1 saturated heterocycles. The van der Waals surface area contributed by atoms with E-state index in [1.54, 1.807) is 0 Å². The zero-order chi connectivity index (χ0) is 22.0. The van der Waals surface area contributed by atoms with Crippen LogP contribution in [0.4, 0.5) is 24.5 Å². The molecule has 0 aliphatic carbocycles. The highest BCUT2D eigenvalue weighted by atomic mass is 35.5. The van der Waals surface area contributed by atoms with Crippen LogP contribution in [0.3, 0.4) is 0 Å². The van der Waals surface area contributed by atoms with Crippen LogP contribution in [0.1, 0.15) is 16.9 Å². The van der Waals surface area contributed by atoms with Crippen LogP contribution in [0, 0.1) is 17.5 Å². The molecule has 0 saturated carbocycles. The number of aromatic nitrogens is 3. The molecular formula is C20H18ClF3N6O2. The van der Waals surface area contributed by atoms with Gasteiger partial charge in [0.2, 0.25) is 5.88 Å². The van der Waals surface area contributed by atoms with Gasteiger partial charge >= 0.3 is 0 Å². The molecule has 32 heavy (non-hydrogen) atoms. The lowest BCUT2D eigenvalue weighted by atomic mass is 10.1. The maximum Gasteiger partial charge on any atom is 0.276 e. The first kappa shape index (κ1) is 23.2. The molecule has 0 bridgehead atoms. The van der Waals surface area contributed by atoms with Crippen LogP contribution in [0.25, 0.3) is 11.3 Å². The largest absolute Gasteiger partial charge is 0.471 e. The lowest BCUT2D eigenvalue weighted by Gasteiger charge is -2.15. The summed E-state index contributed by atoms with van der Waals surface area (Å²) in [4.78, 5) is 24.5. The van der Waals surface area contributed by atoms with Gasteiger partial charge in [-0.2, -0.15) is 4.98 Å². The van der Waals surface area contributed by atoms with Gasteiger partial charge in [0, 0.05) is 12.6 Å². The summed E-state index contributed by atoms with van der Waals surface area (Å²) in [6, 6.07) is 3.83. The Morgan fingerprint density at radius 3 is 2.66 bits per heavy atom. The first-order chi connectivity index (χ1) is 14.9. The van der Waals surface area contributed by atoms with Gasteiger partial charge in [0.15, 0.2) is 11.5 Å². The van der Waals surface area contributed by atoms with E-state index in [0.29, 0.717) is 6.54 Å². The average Bonchev–Trinajstić information content (AvgIpc) is 3.24. The molecule has 3 aromatic rings. The standard InChI is InChI=1S/C20H17F3N6O2.ClH/c21-11-2-1-3-12(22)16(11)17-13(23)6-14(24)18(29-17)19(30)28-15-8-26-9-27-20(15)31-10-4-5-25-7-10;/h1-3,6,8-10,25H,4-5,7,24H2,(H,28,30);1H. The molecule has 1 atom stereocenters. The summed E-state index contributed by atoms with van der Waals surface area (Å²) in [7, 11) is 0. The summed E-state index contributed by atoms with van der Waals surface area (Å²) in [5, 5.41) is 5.65. The molecule has 2 aromatic heterocycles. The van der Waals surface area contributed by atoms with Crippen LogP contribution in [0.2, 0.25) is 0 Å². The second-order valence-corrected chi connectivity index (χ2v) is 6.78. The van der Waals surface area contributed by atoms with E-state index >= 15 is 0 Å². The van der Waals surface area contributed by atoms with Gasteiger partial charge in [-0.25, -0.2) is 23.1 Å². The molecule has 1 aliphatic heterocycles. The second-order valence-electron chi connectivity index (χ2n) is 6.78. The number of nitrogens with one attached hydrogen (secondary N) is 2. The third-order valence-corrected chi connectivity index (χ3v) is 4.64. The zero-order valence-corrected chi connectivity index (χ0v) is 17.3. The van der Waals surface area contributed by atoms with Crippen molar-refractivity contribution in [2.45, 2.75) is 12.5 Å². The van der Waals surface area contributed by atoms with Crippen molar-refractivity contribution in [1.82, 2.24) is 20.3 Å². The van der Waals surface area contributed by atoms with Crippen LogP contribution >= 0.6 is 12.4 Å².